The highest BCUT2D eigenvalue weighted by molar-refractivity contribution is 6.17. The summed E-state index contributed by atoms with van der Waals surface area (Å²) in [5.74, 6) is -0.369. The zero-order chi connectivity index (χ0) is 27.3. The van der Waals surface area contributed by atoms with Crippen molar-refractivity contribution in [2.45, 2.75) is 0 Å². The molecule has 6 rings (SSSR count). The second kappa shape index (κ2) is 11.3. The first kappa shape index (κ1) is 25.1. The molecule has 192 valence electrons. The molecule has 0 bridgehead atoms. The molecule has 0 unspecified atom stereocenters. The minimum Gasteiger partial charge on any atom is -0.465 e. The van der Waals surface area contributed by atoms with Gasteiger partial charge in [-0.15, -0.1) is 0 Å². The molecular weight excluding hydrogens is 488 g/mol. The molecule has 0 spiro atoms. The van der Waals surface area contributed by atoms with E-state index in [0.717, 1.165) is 55.6 Å². The number of rotatable bonds is 6. The summed E-state index contributed by atoms with van der Waals surface area (Å²) in [6.07, 6.45) is 0. The zero-order valence-electron chi connectivity index (χ0n) is 22.3. The first-order valence-electron chi connectivity index (χ1n) is 13.4. The van der Waals surface area contributed by atoms with Crippen molar-refractivity contribution in [3.05, 3.63) is 157 Å². The smallest absolute Gasteiger partial charge is 0.339 e. The van der Waals surface area contributed by atoms with Gasteiger partial charge < -0.3 is 4.74 Å². The summed E-state index contributed by atoms with van der Waals surface area (Å²) in [7, 11) is 1.46. The van der Waals surface area contributed by atoms with Gasteiger partial charge in [-0.1, -0.05) is 152 Å². The quantitative estimate of drug-likeness (QED) is 0.206. The molecule has 2 nitrogen and oxygen atoms in total. The van der Waals surface area contributed by atoms with Gasteiger partial charge in [0.2, 0.25) is 0 Å². The summed E-state index contributed by atoms with van der Waals surface area (Å²) in [4.78, 5) is 14.0. The molecule has 6 aromatic carbocycles. The highest BCUT2D eigenvalue weighted by Gasteiger charge is 2.31. The van der Waals surface area contributed by atoms with Crippen LogP contribution < -0.4 is 0 Å². The molecule has 2 heteroatoms. The summed E-state index contributed by atoms with van der Waals surface area (Å²) < 4.78 is 5.55. The van der Waals surface area contributed by atoms with Crippen molar-refractivity contribution in [1.29, 1.82) is 0 Å². The van der Waals surface area contributed by atoms with Crippen LogP contribution in [0.1, 0.15) is 10.4 Å². The van der Waals surface area contributed by atoms with E-state index in [0.29, 0.717) is 5.56 Å². The summed E-state index contributed by atoms with van der Waals surface area (Å²) in [5.41, 5.74) is 10.4. The Hall–Kier alpha value is -5.21. The van der Waals surface area contributed by atoms with Crippen LogP contribution in [0, 0.1) is 0 Å². The summed E-state index contributed by atoms with van der Waals surface area (Å²) in [6, 6.07) is 51.5. The van der Waals surface area contributed by atoms with Gasteiger partial charge in [-0.3, -0.25) is 0 Å². The second-order valence-electron chi connectivity index (χ2n) is 9.57. The molecular formula is C38H28O2. The number of carbonyl (C=O) groups is 1. The topological polar surface area (TPSA) is 26.3 Å². The van der Waals surface area contributed by atoms with Crippen LogP contribution >= 0.6 is 0 Å². The van der Waals surface area contributed by atoms with Gasteiger partial charge in [0.1, 0.15) is 0 Å². The summed E-state index contributed by atoms with van der Waals surface area (Å²) in [6.45, 7) is 0. The number of hydrogen-bond donors (Lipinski definition) is 0. The third-order valence-electron chi connectivity index (χ3n) is 7.20. The van der Waals surface area contributed by atoms with E-state index in [4.69, 9.17) is 4.74 Å². The molecule has 6 aromatic rings. The predicted octanol–water partition coefficient (Wildman–Crippen LogP) is 9.81. The Morgan fingerprint density at radius 1 is 0.375 bits per heavy atom. The van der Waals surface area contributed by atoms with Gasteiger partial charge in [-0.05, 0) is 44.5 Å². The van der Waals surface area contributed by atoms with Crippen molar-refractivity contribution in [2.75, 3.05) is 7.11 Å². The largest absolute Gasteiger partial charge is 0.465 e. The molecule has 0 aromatic heterocycles. The molecule has 0 amide bonds. The van der Waals surface area contributed by atoms with Gasteiger partial charge in [0.25, 0.3) is 0 Å². The Morgan fingerprint density at radius 3 is 0.850 bits per heavy atom. The second-order valence-corrected chi connectivity index (χ2v) is 9.57. The van der Waals surface area contributed by atoms with Crippen LogP contribution in [0.3, 0.4) is 0 Å². The fourth-order valence-corrected chi connectivity index (χ4v) is 5.52. The van der Waals surface area contributed by atoms with Crippen molar-refractivity contribution in [3.63, 3.8) is 0 Å². The zero-order valence-corrected chi connectivity index (χ0v) is 22.3. The maximum atomic E-state index is 14.0. The predicted molar refractivity (Wildman–Crippen MR) is 165 cm³/mol. The minimum atomic E-state index is -0.369. The first-order valence-corrected chi connectivity index (χ1v) is 13.4. The number of hydrogen-bond acceptors (Lipinski definition) is 2. The highest BCUT2D eigenvalue weighted by atomic mass is 16.5. The van der Waals surface area contributed by atoms with Crippen LogP contribution in [0.5, 0.6) is 0 Å². The van der Waals surface area contributed by atoms with Crippen molar-refractivity contribution in [3.8, 4) is 55.6 Å². The number of benzene rings is 6. The fourth-order valence-electron chi connectivity index (χ4n) is 5.52. The van der Waals surface area contributed by atoms with Gasteiger partial charge in [-0.25, -0.2) is 4.79 Å². The Labute approximate surface area is 235 Å². The lowest BCUT2D eigenvalue weighted by Gasteiger charge is -2.27. The first-order chi connectivity index (χ1) is 19.8. The van der Waals surface area contributed by atoms with Crippen molar-refractivity contribution < 1.29 is 9.53 Å². The third kappa shape index (κ3) is 4.61. The van der Waals surface area contributed by atoms with Crippen molar-refractivity contribution in [1.82, 2.24) is 0 Å². The lowest BCUT2D eigenvalue weighted by molar-refractivity contribution is 0.0602. The van der Waals surface area contributed by atoms with E-state index < -0.39 is 0 Å². The molecule has 0 fully saturated rings. The Kier molecular flexibility index (Phi) is 7.07. The van der Waals surface area contributed by atoms with Crippen LogP contribution in [0.4, 0.5) is 0 Å². The molecule has 0 aliphatic carbocycles. The van der Waals surface area contributed by atoms with Crippen LogP contribution in [0.15, 0.2) is 152 Å². The van der Waals surface area contributed by atoms with Gasteiger partial charge in [0, 0.05) is 11.1 Å². The van der Waals surface area contributed by atoms with E-state index in [1.807, 2.05) is 78.9 Å². The molecule has 0 saturated carbocycles. The van der Waals surface area contributed by atoms with E-state index in [9.17, 15) is 4.79 Å². The average Bonchev–Trinajstić information content (AvgIpc) is 3.05. The van der Waals surface area contributed by atoms with Crippen molar-refractivity contribution in [2.24, 2.45) is 0 Å². The van der Waals surface area contributed by atoms with E-state index in [1.165, 1.54) is 7.11 Å². The Bertz CT molecular complexity index is 1640. The minimum absolute atomic E-state index is 0.369. The fraction of sp³-hybridized carbons (Fsp3) is 0.0263. The summed E-state index contributed by atoms with van der Waals surface area (Å²) in [5, 5.41) is 0. The van der Waals surface area contributed by atoms with Gasteiger partial charge in [0.05, 0.1) is 12.7 Å². The molecule has 0 N–H and O–H groups in total. The van der Waals surface area contributed by atoms with E-state index in [1.54, 1.807) is 0 Å². The number of methoxy groups -OCH3 is 1. The summed E-state index contributed by atoms with van der Waals surface area (Å²) >= 11 is 0. The van der Waals surface area contributed by atoms with Crippen LogP contribution in [0.25, 0.3) is 55.6 Å². The molecule has 0 saturated heterocycles. The molecule has 0 aliphatic rings. The van der Waals surface area contributed by atoms with E-state index in [2.05, 4.69) is 72.8 Å². The standard InChI is InChI=1S/C38H28O2/c1-40-38(39)37-35(30-23-13-5-14-24-30)33(28-19-9-3-10-20-28)32(27-17-7-2-8-18-27)34(29-21-11-4-12-22-29)36(37)31-25-15-6-16-26-31/h2-26H,1H3. The lowest BCUT2D eigenvalue weighted by Crippen LogP contribution is -2.11. The van der Waals surface area contributed by atoms with E-state index in [-0.39, 0.29) is 5.97 Å². The maximum Gasteiger partial charge on any atom is 0.339 e. The highest BCUT2D eigenvalue weighted by Crippen LogP contribution is 2.52. The van der Waals surface area contributed by atoms with Gasteiger partial charge in [-0.2, -0.15) is 0 Å². The third-order valence-corrected chi connectivity index (χ3v) is 7.20. The van der Waals surface area contributed by atoms with Crippen LogP contribution in [-0.2, 0) is 4.74 Å². The Balaban J connectivity index is 1.95. The monoisotopic (exact) mass is 516 g/mol. The molecule has 0 radical (unpaired) electrons. The number of carbonyl (C=O) groups excluding carboxylic acids is 1. The Morgan fingerprint density at radius 2 is 0.600 bits per heavy atom. The number of esters is 1. The molecule has 0 heterocycles. The van der Waals surface area contributed by atoms with Gasteiger partial charge >= 0.3 is 5.97 Å². The SMILES string of the molecule is COC(=O)c1c(-c2ccccc2)c(-c2ccccc2)c(-c2ccccc2)c(-c2ccccc2)c1-c1ccccc1. The normalized spacial score (nSPS) is 10.7. The molecule has 40 heavy (non-hydrogen) atoms. The van der Waals surface area contributed by atoms with Crippen molar-refractivity contribution >= 4 is 5.97 Å². The average molecular weight is 517 g/mol. The van der Waals surface area contributed by atoms with Gasteiger partial charge in [0.15, 0.2) is 0 Å². The molecule has 0 aliphatic heterocycles. The molecule has 0 atom stereocenters. The number of ether oxygens (including phenoxy) is 1. The maximum absolute atomic E-state index is 14.0. The van der Waals surface area contributed by atoms with E-state index >= 15 is 0 Å². The lowest BCUT2D eigenvalue weighted by atomic mass is 9.75. The van der Waals surface area contributed by atoms with Crippen LogP contribution in [-0.4, -0.2) is 13.1 Å². The van der Waals surface area contributed by atoms with Crippen LogP contribution in [0.2, 0.25) is 0 Å².